The second kappa shape index (κ2) is 10.7. The van der Waals surface area contributed by atoms with E-state index in [9.17, 15) is 5.11 Å². The lowest BCUT2D eigenvalue weighted by Gasteiger charge is -2.14. The van der Waals surface area contributed by atoms with E-state index in [1.54, 1.807) is 0 Å². The summed E-state index contributed by atoms with van der Waals surface area (Å²) in [7, 11) is 0. The summed E-state index contributed by atoms with van der Waals surface area (Å²) in [5, 5.41) is 10.3. The van der Waals surface area contributed by atoms with E-state index in [1.807, 2.05) is 38.1 Å². The molecule has 0 aliphatic heterocycles. The van der Waals surface area contributed by atoms with Gasteiger partial charge in [0.25, 0.3) is 0 Å². The van der Waals surface area contributed by atoms with Crippen molar-refractivity contribution in [2.45, 2.75) is 84.3 Å². The molecule has 0 aliphatic rings. The van der Waals surface area contributed by atoms with Crippen LogP contribution in [0.4, 0.5) is 0 Å². The van der Waals surface area contributed by atoms with Crippen molar-refractivity contribution in [3.05, 3.63) is 29.8 Å². The van der Waals surface area contributed by atoms with Crippen molar-refractivity contribution in [3.63, 3.8) is 0 Å². The molecule has 120 valence electrons. The number of rotatable bonds is 11. The molecular formula is C19H32O2. The van der Waals surface area contributed by atoms with Gasteiger partial charge in [0.2, 0.25) is 0 Å². The summed E-state index contributed by atoms with van der Waals surface area (Å²) in [5.41, 5.74) is 0.971. The SMILES string of the molecule is CCCCCCCCCC(O)c1cccc(OC(C)C)c1. The van der Waals surface area contributed by atoms with Gasteiger partial charge < -0.3 is 9.84 Å². The van der Waals surface area contributed by atoms with Crippen molar-refractivity contribution >= 4 is 0 Å². The van der Waals surface area contributed by atoms with E-state index in [0.717, 1.165) is 24.2 Å². The lowest BCUT2D eigenvalue weighted by atomic mass is 10.0. The molecule has 0 saturated carbocycles. The van der Waals surface area contributed by atoms with E-state index in [0.29, 0.717) is 0 Å². The van der Waals surface area contributed by atoms with Crippen LogP contribution in [0, 0.1) is 0 Å². The minimum Gasteiger partial charge on any atom is -0.491 e. The van der Waals surface area contributed by atoms with Gasteiger partial charge in [0, 0.05) is 0 Å². The van der Waals surface area contributed by atoms with E-state index in [4.69, 9.17) is 4.74 Å². The smallest absolute Gasteiger partial charge is 0.120 e. The molecule has 1 rings (SSSR count). The van der Waals surface area contributed by atoms with Crippen LogP contribution in [0.2, 0.25) is 0 Å². The summed E-state index contributed by atoms with van der Waals surface area (Å²) in [6.07, 6.45) is 9.61. The Labute approximate surface area is 130 Å². The van der Waals surface area contributed by atoms with Crippen LogP contribution in [0.1, 0.15) is 83.8 Å². The maximum atomic E-state index is 10.3. The highest BCUT2D eigenvalue weighted by atomic mass is 16.5. The van der Waals surface area contributed by atoms with Crippen molar-refractivity contribution in [3.8, 4) is 5.75 Å². The molecule has 0 bridgehead atoms. The summed E-state index contributed by atoms with van der Waals surface area (Å²) in [6.45, 7) is 6.27. The Morgan fingerprint density at radius 1 is 1.00 bits per heavy atom. The Hall–Kier alpha value is -1.02. The molecule has 1 aromatic carbocycles. The van der Waals surface area contributed by atoms with Crippen LogP contribution in [-0.4, -0.2) is 11.2 Å². The van der Waals surface area contributed by atoms with Gasteiger partial charge in [0.15, 0.2) is 0 Å². The first kappa shape index (κ1) is 18.0. The largest absolute Gasteiger partial charge is 0.491 e. The minimum absolute atomic E-state index is 0.167. The fourth-order valence-electron chi connectivity index (χ4n) is 2.53. The maximum Gasteiger partial charge on any atom is 0.120 e. The average Bonchev–Trinajstić information content (AvgIpc) is 2.45. The first-order chi connectivity index (χ1) is 10.1. The molecule has 1 aromatic rings. The Bertz CT molecular complexity index is 374. The number of hydrogen-bond acceptors (Lipinski definition) is 2. The summed E-state index contributed by atoms with van der Waals surface area (Å²) in [6, 6.07) is 7.86. The predicted octanol–water partition coefficient (Wildman–Crippen LogP) is 5.65. The van der Waals surface area contributed by atoms with Crippen molar-refractivity contribution < 1.29 is 9.84 Å². The zero-order chi connectivity index (χ0) is 15.5. The van der Waals surface area contributed by atoms with E-state index in [1.165, 1.54) is 38.5 Å². The molecule has 2 nitrogen and oxygen atoms in total. The zero-order valence-corrected chi connectivity index (χ0v) is 14.0. The molecule has 0 heterocycles. The third-order valence-corrected chi connectivity index (χ3v) is 3.70. The molecule has 1 unspecified atom stereocenters. The summed E-state index contributed by atoms with van der Waals surface area (Å²) in [5.74, 6) is 0.848. The monoisotopic (exact) mass is 292 g/mol. The number of unbranched alkanes of at least 4 members (excludes halogenated alkanes) is 6. The van der Waals surface area contributed by atoms with Gasteiger partial charge in [-0.1, -0.05) is 64.0 Å². The van der Waals surface area contributed by atoms with Crippen LogP contribution in [0.3, 0.4) is 0 Å². The Morgan fingerprint density at radius 2 is 1.67 bits per heavy atom. The van der Waals surface area contributed by atoms with Crippen molar-refractivity contribution in [2.24, 2.45) is 0 Å². The molecule has 1 N–H and O–H groups in total. The van der Waals surface area contributed by atoms with Crippen molar-refractivity contribution in [1.82, 2.24) is 0 Å². The number of aliphatic hydroxyl groups is 1. The third kappa shape index (κ3) is 8.11. The normalized spacial score (nSPS) is 12.6. The molecule has 0 radical (unpaired) electrons. The van der Waals surface area contributed by atoms with Crippen LogP contribution >= 0.6 is 0 Å². The second-order valence-electron chi connectivity index (χ2n) is 6.16. The van der Waals surface area contributed by atoms with Gasteiger partial charge in [-0.05, 0) is 38.0 Å². The first-order valence-electron chi connectivity index (χ1n) is 8.58. The van der Waals surface area contributed by atoms with Crippen LogP contribution in [0.25, 0.3) is 0 Å². The third-order valence-electron chi connectivity index (χ3n) is 3.70. The van der Waals surface area contributed by atoms with Gasteiger partial charge >= 0.3 is 0 Å². The lowest BCUT2D eigenvalue weighted by molar-refractivity contribution is 0.162. The topological polar surface area (TPSA) is 29.5 Å². The van der Waals surface area contributed by atoms with Crippen molar-refractivity contribution in [1.29, 1.82) is 0 Å². The Kier molecular flexibility index (Phi) is 9.16. The molecule has 0 saturated heterocycles. The van der Waals surface area contributed by atoms with Gasteiger partial charge in [-0.3, -0.25) is 0 Å². The minimum atomic E-state index is -0.364. The van der Waals surface area contributed by atoms with Gasteiger partial charge in [-0.2, -0.15) is 0 Å². The molecule has 0 aromatic heterocycles. The molecule has 0 spiro atoms. The van der Waals surface area contributed by atoms with E-state index < -0.39 is 0 Å². The lowest BCUT2D eigenvalue weighted by Crippen LogP contribution is -2.06. The van der Waals surface area contributed by atoms with Crippen LogP contribution in [0.15, 0.2) is 24.3 Å². The quantitative estimate of drug-likeness (QED) is 0.534. The maximum absolute atomic E-state index is 10.3. The highest BCUT2D eigenvalue weighted by Gasteiger charge is 2.08. The molecule has 0 aliphatic carbocycles. The standard InChI is InChI=1S/C19H32O2/c1-4-5-6-7-8-9-10-14-19(20)17-12-11-13-18(15-17)21-16(2)3/h11-13,15-16,19-20H,4-10,14H2,1-3H3. The van der Waals surface area contributed by atoms with Crippen LogP contribution in [-0.2, 0) is 0 Å². The van der Waals surface area contributed by atoms with Crippen molar-refractivity contribution in [2.75, 3.05) is 0 Å². The zero-order valence-electron chi connectivity index (χ0n) is 14.0. The molecule has 0 fully saturated rings. The van der Waals surface area contributed by atoms with Crippen LogP contribution < -0.4 is 4.74 Å². The van der Waals surface area contributed by atoms with Gasteiger partial charge in [-0.25, -0.2) is 0 Å². The number of ether oxygens (including phenoxy) is 1. The molecule has 1 atom stereocenters. The highest BCUT2D eigenvalue weighted by Crippen LogP contribution is 2.24. The average molecular weight is 292 g/mol. The Balaban J connectivity index is 2.26. The number of benzene rings is 1. The summed E-state index contributed by atoms with van der Waals surface area (Å²) >= 11 is 0. The predicted molar refractivity (Wildman–Crippen MR) is 89.8 cm³/mol. The van der Waals surface area contributed by atoms with E-state index in [-0.39, 0.29) is 12.2 Å². The van der Waals surface area contributed by atoms with E-state index >= 15 is 0 Å². The molecular weight excluding hydrogens is 260 g/mol. The van der Waals surface area contributed by atoms with Gasteiger partial charge in [-0.15, -0.1) is 0 Å². The Morgan fingerprint density at radius 3 is 2.33 bits per heavy atom. The summed E-state index contributed by atoms with van der Waals surface area (Å²) in [4.78, 5) is 0. The molecule has 0 amide bonds. The van der Waals surface area contributed by atoms with Gasteiger partial charge in [0.05, 0.1) is 12.2 Å². The fourth-order valence-corrected chi connectivity index (χ4v) is 2.53. The number of aliphatic hydroxyl groups excluding tert-OH is 1. The van der Waals surface area contributed by atoms with Gasteiger partial charge in [0.1, 0.15) is 5.75 Å². The van der Waals surface area contributed by atoms with E-state index in [2.05, 4.69) is 6.92 Å². The second-order valence-corrected chi connectivity index (χ2v) is 6.16. The fraction of sp³-hybridized carbons (Fsp3) is 0.684. The summed E-state index contributed by atoms with van der Waals surface area (Å²) < 4.78 is 5.67. The van der Waals surface area contributed by atoms with Crippen LogP contribution in [0.5, 0.6) is 5.75 Å². The molecule has 21 heavy (non-hydrogen) atoms. The number of hydrogen-bond donors (Lipinski definition) is 1. The highest BCUT2D eigenvalue weighted by molar-refractivity contribution is 5.30. The molecule has 2 heteroatoms. The first-order valence-corrected chi connectivity index (χ1v) is 8.58.